The van der Waals surface area contributed by atoms with Crippen LogP contribution in [0.1, 0.15) is 36.8 Å². The van der Waals surface area contributed by atoms with Crippen molar-refractivity contribution in [3.63, 3.8) is 0 Å². The maximum atomic E-state index is 12.9. The van der Waals surface area contributed by atoms with Crippen molar-refractivity contribution in [2.75, 3.05) is 16.2 Å². The molecule has 0 unspecified atom stereocenters. The predicted molar refractivity (Wildman–Crippen MR) is 111 cm³/mol. The molecule has 148 valence electrons. The van der Waals surface area contributed by atoms with E-state index in [1.54, 1.807) is 31.2 Å². The number of benzene rings is 2. The molecular weight excluding hydrogens is 396 g/mol. The lowest BCUT2D eigenvalue weighted by Gasteiger charge is -2.22. The van der Waals surface area contributed by atoms with Crippen molar-refractivity contribution >= 4 is 38.9 Å². The minimum Gasteiger partial charge on any atom is -0.312 e. The first-order chi connectivity index (χ1) is 13.4. The molecule has 0 bridgehead atoms. The van der Waals surface area contributed by atoms with Crippen LogP contribution in [0.25, 0.3) is 0 Å². The second kappa shape index (κ2) is 7.41. The summed E-state index contributed by atoms with van der Waals surface area (Å²) >= 11 is 6.08. The highest BCUT2D eigenvalue weighted by Gasteiger charge is 2.32. The zero-order chi connectivity index (χ0) is 19.9. The highest BCUT2D eigenvalue weighted by atomic mass is 35.5. The monoisotopic (exact) mass is 418 g/mol. The number of nitrogens with zero attached hydrogens (tertiary/aromatic N) is 1. The zero-order valence-electron chi connectivity index (χ0n) is 15.7. The van der Waals surface area contributed by atoms with Gasteiger partial charge in [-0.05, 0) is 61.6 Å². The number of rotatable bonds is 4. The van der Waals surface area contributed by atoms with Gasteiger partial charge in [0, 0.05) is 23.2 Å². The van der Waals surface area contributed by atoms with Gasteiger partial charge in [-0.25, -0.2) is 8.42 Å². The molecule has 1 amide bonds. The average Bonchev–Trinajstić information content (AvgIpc) is 3.32. The van der Waals surface area contributed by atoms with Crippen LogP contribution < -0.4 is 9.62 Å². The van der Waals surface area contributed by atoms with E-state index in [9.17, 15) is 13.2 Å². The largest absolute Gasteiger partial charge is 0.312 e. The third-order valence-corrected chi connectivity index (χ3v) is 7.65. The summed E-state index contributed by atoms with van der Waals surface area (Å²) in [6.07, 6.45) is 4.91. The Hall–Kier alpha value is -2.05. The lowest BCUT2D eigenvalue weighted by atomic mass is 10.1. The van der Waals surface area contributed by atoms with Gasteiger partial charge < -0.3 is 4.90 Å². The van der Waals surface area contributed by atoms with Crippen LogP contribution in [0.3, 0.4) is 0 Å². The molecular formula is C21H23ClN2O3S. The molecule has 5 nitrogen and oxygen atoms in total. The Bertz CT molecular complexity index is 1030. The first-order valence-electron chi connectivity index (χ1n) is 9.59. The number of carbonyl (C=O) groups is 1. The summed E-state index contributed by atoms with van der Waals surface area (Å²) in [6, 6.07) is 10.2. The standard InChI is InChI=1S/C21H23ClN2O3S/c1-14-18(22)7-4-8-20(14)28(26,27)23-17-10-9-15-11-12-24(19(15)13-17)21(25)16-5-2-3-6-16/h4,7-10,13,16,23H,2-3,5-6,11-12H2,1H3. The van der Waals surface area contributed by atoms with Crippen molar-refractivity contribution in [2.24, 2.45) is 5.92 Å². The number of fused-ring (bicyclic) bond motifs is 1. The summed E-state index contributed by atoms with van der Waals surface area (Å²) < 4.78 is 28.3. The van der Waals surface area contributed by atoms with E-state index in [2.05, 4.69) is 4.72 Å². The van der Waals surface area contributed by atoms with Crippen LogP contribution in [0.5, 0.6) is 0 Å². The van der Waals surface area contributed by atoms with E-state index in [-0.39, 0.29) is 16.7 Å². The van der Waals surface area contributed by atoms with E-state index in [4.69, 9.17) is 11.6 Å². The van der Waals surface area contributed by atoms with Crippen molar-refractivity contribution < 1.29 is 13.2 Å². The molecule has 0 atom stereocenters. The molecule has 0 saturated heterocycles. The molecule has 0 radical (unpaired) electrons. The number of amides is 1. The fraction of sp³-hybridized carbons (Fsp3) is 0.381. The highest BCUT2D eigenvalue weighted by molar-refractivity contribution is 7.92. The van der Waals surface area contributed by atoms with E-state index in [0.29, 0.717) is 22.8 Å². The Morgan fingerprint density at radius 1 is 1.18 bits per heavy atom. The van der Waals surface area contributed by atoms with E-state index in [1.807, 2.05) is 11.0 Å². The Morgan fingerprint density at radius 2 is 1.93 bits per heavy atom. The van der Waals surface area contributed by atoms with Crippen molar-refractivity contribution in [1.29, 1.82) is 0 Å². The molecule has 28 heavy (non-hydrogen) atoms. The molecule has 1 heterocycles. The van der Waals surface area contributed by atoms with Gasteiger partial charge in [0.15, 0.2) is 0 Å². The summed E-state index contributed by atoms with van der Waals surface area (Å²) in [7, 11) is -3.78. The fourth-order valence-corrected chi connectivity index (χ4v) is 5.70. The number of halogens is 1. The molecule has 1 aliphatic heterocycles. The smallest absolute Gasteiger partial charge is 0.262 e. The van der Waals surface area contributed by atoms with Crippen LogP contribution >= 0.6 is 11.6 Å². The molecule has 1 aliphatic carbocycles. The van der Waals surface area contributed by atoms with Crippen molar-refractivity contribution in [3.8, 4) is 0 Å². The molecule has 0 aromatic heterocycles. The summed E-state index contributed by atoms with van der Waals surface area (Å²) in [6.45, 7) is 2.34. The zero-order valence-corrected chi connectivity index (χ0v) is 17.3. The minimum atomic E-state index is -3.78. The Morgan fingerprint density at radius 3 is 2.68 bits per heavy atom. The summed E-state index contributed by atoms with van der Waals surface area (Å²) in [5, 5.41) is 0.408. The van der Waals surface area contributed by atoms with Gasteiger partial charge in [0.05, 0.1) is 10.6 Å². The van der Waals surface area contributed by atoms with Gasteiger partial charge in [-0.2, -0.15) is 0 Å². The van der Waals surface area contributed by atoms with Gasteiger partial charge in [-0.15, -0.1) is 0 Å². The Labute approximate surface area is 170 Å². The van der Waals surface area contributed by atoms with Crippen LogP contribution in [-0.4, -0.2) is 20.9 Å². The van der Waals surface area contributed by atoms with Gasteiger partial charge >= 0.3 is 0 Å². The Balaban J connectivity index is 1.61. The molecule has 4 rings (SSSR count). The van der Waals surface area contributed by atoms with Gasteiger partial charge in [0.2, 0.25) is 5.91 Å². The van der Waals surface area contributed by atoms with Crippen molar-refractivity contribution in [2.45, 2.75) is 43.9 Å². The van der Waals surface area contributed by atoms with Gasteiger partial charge in [-0.3, -0.25) is 9.52 Å². The third-order valence-electron chi connectivity index (χ3n) is 5.71. The number of anilines is 2. The second-order valence-corrected chi connectivity index (χ2v) is 9.59. The summed E-state index contributed by atoms with van der Waals surface area (Å²) in [4.78, 5) is 14.9. The number of nitrogens with one attached hydrogen (secondary N) is 1. The first kappa shape index (κ1) is 19.3. The maximum absolute atomic E-state index is 12.9. The molecule has 7 heteroatoms. The Kier molecular flexibility index (Phi) is 5.10. The van der Waals surface area contributed by atoms with Crippen LogP contribution in [0, 0.1) is 12.8 Å². The van der Waals surface area contributed by atoms with E-state index >= 15 is 0 Å². The predicted octanol–water partition coefficient (Wildman–Crippen LogP) is 4.53. The van der Waals surface area contributed by atoms with E-state index < -0.39 is 10.0 Å². The van der Waals surface area contributed by atoms with E-state index in [1.165, 1.54) is 6.07 Å². The number of sulfonamides is 1. The maximum Gasteiger partial charge on any atom is 0.262 e. The number of hydrogen-bond acceptors (Lipinski definition) is 3. The third kappa shape index (κ3) is 3.51. The van der Waals surface area contributed by atoms with Gasteiger partial charge in [0.1, 0.15) is 0 Å². The summed E-state index contributed by atoms with van der Waals surface area (Å²) in [5.74, 6) is 0.266. The topological polar surface area (TPSA) is 66.5 Å². The lowest BCUT2D eigenvalue weighted by Crippen LogP contribution is -2.33. The molecule has 1 fully saturated rings. The van der Waals surface area contributed by atoms with Crippen LogP contribution in [0.4, 0.5) is 11.4 Å². The normalized spacial score (nSPS) is 17.0. The quantitative estimate of drug-likeness (QED) is 0.793. The van der Waals surface area contributed by atoms with Crippen LogP contribution in [-0.2, 0) is 21.2 Å². The highest BCUT2D eigenvalue weighted by Crippen LogP contribution is 2.36. The lowest BCUT2D eigenvalue weighted by molar-refractivity contribution is -0.122. The first-order valence-corrected chi connectivity index (χ1v) is 11.5. The second-order valence-electron chi connectivity index (χ2n) is 7.53. The minimum absolute atomic E-state index is 0.0976. The molecule has 1 N–H and O–H groups in total. The molecule has 0 spiro atoms. The SMILES string of the molecule is Cc1c(Cl)cccc1S(=O)(=O)Nc1ccc2c(c1)N(C(=O)C1CCCC1)CC2. The van der Waals surface area contributed by atoms with Gasteiger partial charge in [0.25, 0.3) is 10.0 Å². The molecule has 2 aliphatic rings. The summed E-state index contributed by atoms with van der Waals surface area (Å²) in [5.41, 5.74) is 2.85. The van der Waals surface area contributed by atoms with E-state index in [0.717, 1.165) is 43.4 Å². The average molecular weight is 419 g/mol. The van der Waals surface area contributed by atoms with Crippen molar-refractivity contribution in [3.05, 3.63) is 52.5 Å². The van der Waals surface area contributed by atoms with Gasteiger partial charge in [-0.1, -0.05) is 36.6 Å². The fourth-order valence-electron chi connectivity index (χ4n) is 4.15. The molecule has 2 aromatic rings. The molecule has 2 aromatic carbocycles. The molecule has 1 saturated carbocycles. The number of hydrogen-bond donors (Lipinski definition) is 1. The van der Waals surface area contributed by atoms with Crippen LogP contribution in [0.2, 0.25) is 5.02 Å². The number of carbonyl (C=O) groups excluding carboxylic acids is 1. The van der Waals surface area contributed by atoms with Crippen LogP contribution in [0.15, 0.2) is 41.3 Å². The van der Waals surface area contributed by atoms with Crippen molar-refractivity contribution in [1.82, 2.24) is 0 Å².